The highest BCUT2D eigenvalue weighted by Gasteiger charge is 2.28. The summed E-state index contributed by atoms with van der Waals surface area (Å²) in [6, 6.07) is 3.39. The number of anilines is 1. The van der Waals surface area contributed by atoms with Crippen LogP contribution < -0.4 is 10.5 Å². The Labute approximate surface area is 114 Å². The molecule has 0 saturated carbocycles. The lowest BCUT2D eigenvalue weighted by Gasteiger charge is -2.26. The second-order valence-corrected chi connectivity index (χ2v) is 7.01. The number of nitrogen functional groups attached to an aromatic ring is 1. The van der Waals surface area contributed by atoms with Gasteiger partial charge in [-0.1, -0.05) is 6.07 Å². The van der Waals surface area contributed by atoms with Crippen LogP contribution in [0.5, 0.6) is 0 Å². The summed E-state index contributed by atoms with van der Waals surface area (Å²) < 4.78 is 27.6. The Bertz CT molecular complexity index is 565. The van der Waals surface area contributed by atoms with Crippen LogP contribution >= 0.6 is 0 Å². The van der Waals surface area contributed by atoms with Crippen molar-refractivity contribution in [3.05, 3.63) is 23.3 Å². The van der Waals surface area contributed by atoms with E-state index < -0.39 is 15.6 Å². The minimum absolute atomic E-state index is 0.0790. The van der Waals surface area contributed by atoms with Crippen LogP contribution in [0.4, 0.5) is 5.69 Å². The molecule has 1 aromatic carbocycles. The van der Waals surface area contributed by atoms with E-state index >= 15 is 0 Å². The number of aliphatic hydroxyl groups excluding tert-OH is 1. The van der Waals surface area contributed by atoms with Crippen LogP contribution in [0.2, 0.25) is 0 Å². The summed E-state index contributed by atoms with van der Waals surface area (Å²) in [5.74, 6) is 0. The second-order valence-electron chi connectivity index (χ2n) is 5.39. The Morgan fingerprint density at radius 2 is 1.89 bits per heavy atom. The average Bonchev–Trinajstić information content (AvgIpc) is 2.21. The second kappa shape index (κ2) is 5.48. The number of sulfonamides is 1. The van der Waals surface area contributed by atoms with Gasteiger partial charge in [-0.3, -0.25) is 0 Å². The minimum atomic E-state index is -3.67. The molecule has 4 N–H and O–H groups in total. The molecular weight excluding hydrogens is 264 g/mol. The number of rotatable bonds is 5. The van der Waals surface area contributed by atoms with Crippen LogP contribution in [-0.2, 0) is 10.0 Å². The van der Waals surface area contributed by atoms with Gasteiger partial charge in [0.05, 0.1) is 4.90 Å². The molecule has 0 saturated heterocycles. The molecule has 0 fully saturated rings. The van der Waals surface area contributed by atoms with E-state index in [1.165, 1.54) is 0 Å². The van der Waals surface area contributed by atoms with Crippen molar-refractivity contribution in [3.63, 3.8) is 0 Å². The quantitative estimate of drug-likeness (QED) is 0.712. The summed E-state index contributed by atoms with van der Waals surface area (Å²) in [6.45, 7) is 6.82. The number of aliphatic hydroxyl groups is 1. The van der Waals surface area contributed by atoms with E-state index in [9.17, 15) is 8.42 Å². The Balaban J connectivity index is 3.26. The van der Waals surface area contributed by atoms with Gasteiger partial charge in [0.1, 0.15) is 0 Å². The predicted octanol–water partition coefficient (Wildman–Crippen LogP) is 1.32. The van der Waals surface area contributed by atoms with Gasteiger partial charge in [0, 0.05) is 17.8 Å². The molecule has 0 aromatic heterocycles. The van der Waals surface area contributed by atoms with Crippen LogP contribution in [0, 0.1) is 13.8 Å². The molecule has 19 heavy (non-hydrogen) atoms. The van der Waals surface area contributed by atoms with Gasteiger partial charge in [-0.15, -0.1) is 0 Å². The first-order valence-corrected chi connectivity index (χ1v) is 7.59. The van der Waals surface area contributed by atoms with Crippen LogP contribution in [-0.4, -0.2) is 25.7 Å². The maximum Gasteiger partial charge on any atom is 0.241 e. The van der Waals surface area contributed by atoms with Crippen molar-refractivity contribution >= 4 is 15.7 Å². The molecule has 0 amide bonds. The topological polar surface area (TPSA) is 92.4 Å². The van der Waals surface area contributed by atoms with Gasteiger partial charge in [-0.25, -0.2) is 13.1 Å². The van der Waals surface area contributed by atoms with Crippen LogP contribution in [0.15, 0.2) is 17.0 Å². The molecule has 0 aliphatic carbocycles. The van der Waals surface area contributed by atoms with Crippen molar-refractivity contribution in [3.8, 4) is 0 Å². The summed E-state index contributed by atoms with van der Waals surface area (Å²) in [4.78, 5) is 0.221. The molecule has 0 atom stereocenters. The standard InChI is InChI=1S/C13H22N2O3S/c1-9-5-6-11(14)10(2)12(9)19(17,18)15-13(3,4)7-8-16/h5-6,15-16H,7-8,14H2,1-4H3. The van der Waals surface area contributed by atoms with Gasteiger partial charge in [0.2, 0.25) is 10.0 Å². The molecule has 0 aliphatic heterocycles. The van der Waals surface area contributed by atoms with Crippen molar-refractivity contribution < 1.29 is 13.5 Å². The fourth-order valence-corrected chi connectivity index (χ4v) is 3.95. The van der Waals surface area contributed by atoms with Gasteiger partial charge < -0.3 is 10.8 Å². The molecule has 0 heterocycles. The molecule has 1 aromatic rings. The molecule has 1 rings (SSSR count). The average molecular weight is 286 g/mol. The van der Waals surface area contributed by atoms with E-state index in [2.05, 4.69) is 4.72 Å². The number of benzene rings is 1. The Morgan fingerprint density at radius 3 is 2.42 bits per heavy atom. The summed E-state index contributed by atoms with van der Waals surface area (Å²) >= 11 is 0. The van der Waals surface area contributed by atoms with E-state index in [1.807, 2.05) is 0 Å². The Hall–Kier alpha value is -1.11. The smallest absolute Gasteiger partial charge is 0.241 e. The first-order chi connectivity index (χ1) is 8.60. The molecule has 0 unspecified atom stereocenters. The number of nitrogens with two attached hydrogens (primary N) is 1. The Kier molecular flexibility index (Phi) is 4.60. The molecule has 5 nitrogen and oxygen atoms in total. The van der Waals surface area contributed by atoms with Crippen molar-refractivity contribution in [2.75, 3.05) is 12.3 Å². The molecule has 0 radical (unpaired) electrons. The third-order valence-corrected chi connectivity index (χ3v) is 5.05. The van der Waals surface area contributed by atoms with Gasteiger partial charge >= 0.3 is 0 Å². The summed E-state index contributed by atoms with van der Waals surface area (Å²) in [5.41, 5.74) is 6.72. The van der Waals surface area contributed by atoms with Gasteiger partial charge in [-0.05, 0) is 51.3 Å². The highest BCUT2D eigenvalue weighted by Crippen LogP contribution is 2.26. The monoisotopic (exact) mass is 286 g/mol. The fourth-order valence-electron chi connectivity index (χ4n) is 2.00. The highest BCUT2D eigenvalue weighted by molar-refractivity contribution is 7.89. The van der Waals surface area contributed by atoms with Crippen molar-refractivity contribution in [1.82, 2.24) is 4.72 Å². The molecular formula is C13H22N2O3S. The largest absolute Gasteiger partial charge is 0.398 e. The minimum Gasteiger partial charge on any atom is -0.398 e. The maximum absolute atomic E-state index is 12.5. The van der Waals surface area contributed by atoms with E-state index in [-0.39, 0.29) is 11.5 Å². The summed E-state index contributed by atoms with van der Waals surface area (Å²) in [6.07, 6.45) is 0.340. The lowest BCUT2D eigenvalue weighted by Crippen LogP contribution is -2.44. The van der Waals surface area contributed by atoms with E-state index in [1.54, 1.807) is 39.8 Å². The first-order valence-electron chi connectivity index (χ1n) is 6.11. The number of aryl methyl sites for hydroxylation is 1. The Morgan fingerprint density at radius 1 is 1.32 bits per heavy atom. The molecule has 6 heteroatoms. The first kappa shape index (κ1) is 15.9. The van der Waals surface area contributed by atoms with Crippen molar-refractivity contribution in [2.24, 2.45) is 0 Å². The molecule has 0 aliphatic rings. The van der Waals surface area contributed by atoms with E-state index in [0.29, 0.717) is 23.2 Å². The third kappa shape index (κ3) is 3.68. The third-order valence-electron chi connectivity index (χ3n) is 3.06. The fraction of sp³-hybridized carbons (Fsp3) is 0.538. The zero-order chi connectivity index (χ0) is 14.8. The zero-order valence-corrected chi connectivity index (χ0v) is 12.6. The van der Waals surface area contributed by atoms with Gasteiger partial charge in [0.25, 0.3) is 0 Å². The van der Waals surface area contributed by atoms with Crippen molar-refractivity contribution in [2.45, 2.75) is 44.6 Å². The number of hydrogen-bond acceptors (Lipinski definition) is 4. The lowest BCUT2D eigenvalue weighted by molar-refractivity contribution is 0.245. The number of nitrogens with one attached hydrogen (secondary N) is 1. The van der Waals surface area contributed by atoms with Crippen LogP contribution in [0.25, 0.3) is 0 Å². The SMILES string of the molecule is Cc1ccc(N)c(C)c1S(=O)(=O)NC(C)(C)CCO. The predicted molar refractivity (Wildman–Crippen MR) is 76.4 cm³/mol. The van der Waals surface area contributed by atoms with E-state index in [0.717, 1.165) is 0 Å². The van der Waals surface area contributed by atoms with Crippen molar-refractivity contribution in [1.29, 1.82) is 0 Å². The molecule has 0 bridgehead atoms. The maximum atomic E-state index is 12.5. The lowest BCUT2D eigenvalue weighted by atomic mass is 10.0. The van der Waals surface area contributed by atoms with Gasteiger partial charge in [0.15, 0.2) is 0 Å². The normalized spacial score (nSPS) is 12.7. The van der Waals surface area contributed by atoms with Crippen LogP contribution in [0.3, 0.4) is 0 Å². The zero-order valence-electron chi connectivity index (χ0n) is 11.8. The molecule has 108 valence electrons. The highest BCUT2D eigenvalue weighted by atomic mass is 32.2. The summed E-state index contributed by atoms with van der Waals surface area (Å²) in [5, 5.41) is 8.97. The van der Waals surface area contributed by atoms with E-state index in [4.69, 9.17) is 10.8 Å². The molecule has 0 spiro atoms. The summed E-state index contributed by atoms with van der Waals surface area (Å²) in [7, 11) is -3.67. The van der Waals surface area contributed by atoms with Crippen LogP contribution in [0.1, 0.15) is 31.4 Å². The van der Waals surface area contributed by atoms with Gasteiger partial charge in [-0.2, -0.15) is 0 Å². The number of hydrogen-bond donors (Lipinski definition) is 3.